The minimum Gasteiger partial charge on any atom is -0.507 e. The van der Waals surface area contributed by atoms with Gasteiger partial charge in [-0.15, -0.1) is 0 Å². The summed E-state index contributed by atoms with van der Waals surface area (Å²) in [5.41, 5.74) is -7.53. The molecule has 1 aromatic carbocycles. The molecule has 4 saturated heterocycles. The number of nitrogens with one attached hydrogen (secondary N) is 2. The minimum atomic E-state index is -2.25. The normalized spacial score (nSPS) is 41.3. The quantitative estimate of drug-likeness (QED) is 0.0802. The summed E-state index contributed by atoms with van der Waals surface area (Å²) in [4.78, 5) is 120. The Hall–Kier alpha value is -6.78. The molecule has 7 aliphatic heterocycles. The first-order valence-electron chi connectivity index (χ1n) is 38.3. The van der Waals surface area contributed by atoms with Crippen LogP contribution in [0.1, 0.15) is 186 Å². The maximum atomic E-state index is 15.7. The summed E-state index contributed by atoms with van der Waals surface area (Å²) in [6, 6.07) is -1.25. The highest BCUT2D eigenvalue weighted by Gasteiger charge is 2.58. The summed E-state index contributed by atoms with van der Waals surface area (Å²) in [6.45, 7) is 28.2. The number of fused-ring (bicyclic) bond motifs is 14. The molecule has 28 atom stereocenters. The molecule has 110 heavy (non-hydrogen) atoms. The summed E-state index contributed by atoms with van der Waals surface area (Å²) >= 11 is 0. The molecule has 8 aliphatic rings. The molecule has 1 aromatic rings. The summed E-state index contributed by atoms with van der Waals surface area (Å²) < 4.78 is 75.9. The molecular formula is C80H120N4O26. The van der Waals surface area contributed by atoms with Gasteiger partial charge in [0.2, 0.25) is 11.6 Å². The molecule has 8 N–H and O–H groups in total. The number of phenolic OH excluding ortho intramolecular Hbond substituents is 1. The van der Waals surface area contributed by atoms with Gasteiger partial charge in [0.15, 0.2) is 18.7 Å². The van der Waals surface area contributed by atoms with Crippen molar-refractivity contribution < 1.29 is 126 Å². The highest BCUT2D eigenvalue weighted by molar-refractivity contribution is 6.32. The van der Waals surface area contributed by atoms with E-state index in [9.17, 15) is 54.6 Å². The van der Waals surface area contributed by atoms with Gasteiger partial charge in [0.05, 0.1) is 89.3 Å². The Morgan fingerprint density at radius 3 is 2.01 bits per heavy atom. The lowest BCUT2D eigenvalue weighted by Gasteiger charge is -2.50. The average Bonchev–Trinajstić information content (AvgIpc) is 1.49. The number of amides is 2. The molecule has 0 radical (unpaired) electrons. The first kappa shape index (κ1) is 88.8. The molecule has 0 unspecified atom stereocenters. The lowest BCUT2D eigenvalue weighted by atomic mass is 9.74. The number of cyclic esters (lactones) is 1. The third-order valence-electron chi connectivity index (χ3n) is 24.2. The number of methoxy groups -OCH3 is 3. The molecule has 30 nitrogen and oxygen atoms in total. The van der Waals surface area contributed by atoms with Crippen LogP contribution in [0.4, 0.5) is 4.79 Å². The van der Waals surface area contributed by atoms with E-state index in [0.29, 0.717) is 6.42 Å². The average molecular weight is 1550 g/mol. The fraction of sp³-hybridized carbons (Fsp3) is 0.725. The number of carbonyl (C=O) groups excluding carboxylic acids is 8. The van der Waals surface area contributed by atoms with Crippen molar-refractivity contribution in [2.45, 2.75) is 277 Å². The van der Waals surface area contributed by atoms with E-state index in [2.05, 4.69) is 10.6 Å². The zero-order chi connectivity index (χ0) is 82.2. The van der Waals surface area contributed by atoms with Gasteiger partial charge in [0, 0.05) is 113 Å². The van der Waals surface area contributed by atoms with Crippen molar-refractivity contribution >= 4 is 47.1 Å². The number of aliphatic hydroxyl groups is 5. The molecular weight excluding hydrogens is 1430 g/mol. The van der Waals surface area contributed by atoms with Gasteiger partial charge in [-0.2, -0.15) is 0 Å². The van der Waals surface area contributed by atoms with Gasteiger partial charge in [-0.1, -0.05) is 73.6 Å². The van der Waals surface area contributed by atoms with Crippen molar-refractivity contribution in [2.24, 2.45) is 47.3 Å². The highest BCUT2D eigenvalue weighted by atomic mass is 16.7. The van der Waals surface area contributed by atoms with Crippen molar-refractivity contribution in [3.05, 3.63) is 69.8 Å². The summed E-state index contributed by atoms with van der Waals surface area (Å²) in [5, 5.41) is 76.7. The third-order valence-corrected chi connectivity index (χ3v) is 24.2. The van der Waals surface area contributed by atoms with Crippen LogP contribution in [0.5, 0.6) is 11.5 Å². The number of phenols is 1. The molecule has 4 fully saturated rings. The number of rotatable bonds is 13. The molecule has 9 rings (SSSR count). The zero-order valence-corrected chi connectivity index (χ0v) is 67.9. The Balaban J connectivity index is 1.10. The van der Waals surface area contributed by atoms with Crippen LogP contribution in [0.25, 0.3) is 0 Å². The second kappa shape index (κ2) is 35.3. The van der Waals surface area contributed by atoms with E-state index in [4.69, 9.17) is 56.8 Å². The number of hydrogen-bond donors (Lipinski definition) is 8. The number of likely N-dealkylation sites (N-methyl/N-ethyl adjacent to an activating group) is 1. The largest absolute Gasteiger partial charge is 0.507 e. The highest BCUT2D eigenvalue weighted by Crippen LogP contribution is 2.50. The summed E-state index contributed by atoms with van der Waals surface area (Å²) in [6.07, 6.45) is -9.40. The van der Waals surface area contributed by atoms with Gasteiger partial charge >= 0.3 is 23.8 Å². The van der Waals surface area contributed by atoms with E-state index in [1.54, 1.807) is 82.2 Å². The van der Waals surface area contributed by atoms with Crippen LogP contribution in [-0.4, -0.2) is 257 Å². The standard InChI is InChI=1S/C80H120N4O26/c1-24-52-79(17,98)69(93)44(10)60(87)38(4)33-77(15,100-22)71(108-75-63(90)50(83(19)20)32-39(5)103-75)45(11)67(46(12)74(96)106-52)107-53-34-78(16,101-23)72(47(13)104-53)109-76(97)81-49-28-30-84(35-49)58-57-64(91)55-54(65(58)92)56-68(43(9)62(55)89)110-80(18,70(56)94)102-31-29-51(99-21)40(6)66(105-48(14)85)42(8)61(88)41(7)59(86)36(2)26-25-27-37(3)73(95)82-57/h25-27,29,31,36,38-42,44-47,49-53,59,61,63,66-67,69,71-72,75,86,88-90,93,98H,24,28,30,32-35H2,1-23H3,(H,81,97)(H,82,95)/b26-25+,31-29+,37-27-/t36-,38+,39+,40+,41+,42+,44-,45-,46+,47-,49-,50-,51-,52+,53-,59-,61+,63+,66+,67-,69+,71+,72-,75-,77+,78+,79+,80-/m0/s1. The molecule has 0 aromatic heterocycles. The van der Waals surface area contributed by atoms with Crippen LogP contribution >= 0.6 is 0 Å². The number of alkyl carbamates (subject to hydrolysis) is 1. The van der Waals surface area contributed by atoms with Crippen LogP contribution in [0.2, 0.25) is 0 Å². The molecule has 0 spiro atoms. The van der Waals surface area contributed by atoms with Crippen molar-refractivity contribution in [3.8, 4) is 11.5 Å². The fourth-order valence-corrected chi connectivity index (χ4v) is 17.2. The Morgan fingerprint density at radius 2 is 1.40 bits per heavy atom. The molecule has 616 valence electrons. The molecule has 2 amide bonds. The number of hydrogen-bond acceptors (Lipinski definition) is 28. The fourth-order valence-electron chi connectivity index (χ4n) is 17.2. The van der Waals surface area contributed by atoms with Crippen LogP contribution in [-0.2, 0) is 71.3 Å². The SMILES string of the molecule is CC[C@H]1OC(=O)[C@H](C)[C@@H](O[C@H]2C[C@@](C)(OC)[C@@H](OC(=O)N[C@H]3CCN(C4=C5NC(=O)/C(C)=C\C=C\[C@H](C)[C@H](O)[C@@H](C)[C@@H](O)[C@@H](C)[C@H](OC(C)=O)[C@H](C)[C@@H](OC)/C=C/O[C@@]6(C)Oc7c(C)c(O)c(c(c7C6=O)C4=O)C5=O)C3)[C@H](C)O2)[C@H](C)[C@@H](O[C@@H]2O[C@H](C)C[C@H](N(C)C)[C@H]2O)[C@](C)(OC)C[C@@H](C)C(=O)[C@H](C)[C@@H](O)[C@]1(C)O. The minimum absolute atomic E-state index is 0.0173. The van der Waals surface area contributed by atoms with Crippen LogP contribution in [0.3, 0.4) is 0 Å². The van der Waals surface area contributed by atoms with Gasteiger partial charge in [-0.3, -0.25) is 33.6 Å². The third kappa shape index (κ3) is 17.9. The monoisotopic (exact) mass is 1550 g/mol. The van der Waals surface area contributed by atoms with Gasteiger partial charge in [0.25, 0.3) is 11.7 Å². The van der Waals surface area contributed by atoms with E-state index in [1.165, 1.54) is 86.0 Å². The van der Waals surface area contributed by atoms with Crippen LogP contribution < -0.4 is 15.4 Å². The smallest absolute Gasteiger partial charge is 0.407 e. The number of ether oxygens (including phenoxy) is 12. The zero-order valence-electron chi connectivity index (χ0n) is 67.9. The van der Waals surface area contributed by atoms with Gasteiger partial charge in [-0.25, -0.2) is 4.79 Å². The lowest BCUT2D eigenvalue weighted by molar-refractivity contribution is -0.319. The maximum absolute atomic E-state index is 15.7. The Kier molecular flexibility index (Phi) is 28.5. The lowest BCUT2D eigenvalue weighted by Crippen LogP contribution is -2.62. The van der Waals surface area contributed by atoms with Crippen LogP contribution in [0, 0.1) is 54.3 Å². The molecule has 30 heteroatoms. The number of aliphatic hydroxyl groups excluding tert-OH is 4. The van der Waals surface area contributed by atoms with Crippen molar-refractivity contribution in [1.82, 2.24) is 20.4 Å². The maximum Gasteiger partial charge on any atom is 0.407 e. The number of Topliss-reactive ketones (excluding diaryl/α,β-unsaturated/α-hetero) is 4. The summed E-state index contributed by atoms with van der Waals surface area (Å²) in [5.74, 6) is -15.9. The molecule has 5 bridgehead atoms. The van der Waals surface area contributed by atoms with Crippen LogP contribution in [0.15, 0.2) is 47.5 Å². The van der Waals surface area contributed by atoms with E-state index < -0.39 is 237 Å². The van der Waals surface area contributed by atoms with Gasteiger partial charge < -0.3 is 108 Å². The van der Waals surface area contributed by atoms with Crippen molar-refractivity contribution in [1.29, 1.82) is 0 Å². The predicted molar refractivity (Wildman–Crippen MR) is 397 cm³/mol. The molecule has 0 saturated carbocycles. The molecule has 1 aliphatic carbocycles. The van der Waals surface area contributed by atoms with E-state index in [0.717, 1.165) is 6.26 Å². The van der Waals surface area contributed by atoms with E-state index in [1.807, 2.05) is 25.9 Å². The Morgan fingerprint density at radius 1 is 0.755 bits per heavy atom. The molecule has 7 heterocycles. The number of esters is 2. The van der Waals surface area contributed by atoms with E-state index >= 15 is 14.4 Å². The first-order valence-corrected chi connectivity index (χ1v) is 38.3. The summed E-state index contributed by atoms with van der Waals surface area (Å²) in [7, 11) is 7.92. The van der Waals surface area contributed by atoms with Crippen molar-refractivity contribution in [2.75, 3.05) is 48.5 Å². The van der Waals surface area contributed by atoms with E-state index in [-0.39, 0.29) is 67.5 Å². The second-order valence-corrected chi connectivity index (χ2v) is 32.6. The number of likely N-dealkylation sites (tertiary alicyclic amines) is 1. The van der Waals surface area contributed by atoms with Gasteiger partial charge in [-0.05, 0) is 101 Å². The number of benzene rings is 1. The predicted octanol–water partition coefficient (Wildman–Crippen LogP) is 6.22. The number of carbonyl (C=O) groups is 8. The Labute approximate surface area is 645 Å². The number of ketones is 4. The van der Waals surface area contributed by atoms with Crippen molar-refractivity contribution in [3.63, 3.8) is 0 Å². The Bertz CT molecular complexity index is 3710. The number of aromatic hydroxyl groups is 1. The van der Waals surface area contributed by atoms with Gasteiger partial charge in [0.1, 0.15) is 58.2 Å². The topological polar surface area (TPSA) is 399 Å². The number of nitrogens with zero attached hydrogens (tertiary/aromatic N) is 2. The second-order valence-electron chi connectivity index (χ2n) is 32.6. The first-order chi connectivity index (χ1) is 51.3. The number of allylic oxidation sites excluding steroid dienone is 4.